The molecule has 0 spiro atoms. The molecule has 17 heavy (non-hydrogen) atoms. The van der Waals surface area contributed by atoms with Crippen LogP contribution in [0.15, 0.2) is 0 Å². The molecule has 0 fully saturated rings. The van der Waals surface area contributed by atoms with Crippen LogP contribution in [0.1, 0.15) is 0 Å². The van der Waals surface area contributed by atoms with Crippen LogP contribution < -0.4 is 5.32 Å². The van der Waals surface area contributed by atoms with E-state index in [1.165, 1.54) is 7.05 Å². The molecule has 1 heterocycles. The maximum Gasteiger partial charge on any atom is 0.325 e. The molecule has 0 radical (unpaired) electrons. The van der Waals surface area contributed by atoms with Crippen molar-refractivity contribution in [1.29, 1.82) is 0 Å². The average molecular weight is 238 g/mol. The molecule has 0 bridgehead atoms. The highest BCUT2D eigenvalue weighted by Crippen LogP contribution is 1.97. The number of carboxylic acid groups (broad SMARTS) is 1. The van der Waals surface area contributed by atoms with E-state index in [1.54, 1.807) is 0 Å². The molecular formula is C8H10N6O3. The van der Waals surface area contributed by atoms with E-state index in [9.17, 15) is 9.59 Å². The van der Waals surface area contributed by atoms with Crippen molar-refractivity contribution >= 4 is 17.9 Å². The van der Waals surface area contributed by atoms with E-state index in [2.05, 4.69) is 26.6 Å². The van der Waals surface area contributed by atoms with Crippen LogP contribution >= 0.6 is 0 Å². The Hall–Kier alpha value is -2.63. The van der Waals surface area contributed by atoms with Gasteiger partial charge in [-0.2, -0.15) is 4.80 Å². The van der Waals surface area contributed by atoms with Gasteiger partial charge in [-0.1, -0.05) is 11.0 Å². The van der Waals surface area contributed by atoms with Crippen molar-refractivity contribution in [1.82, 2.24) is 25.1 Å². The van der Waals surface area contributed by atoms with E-state index in [0.717, 1.165) is 9.70 Å². The summed E-state index contributed by atoms with van der Waals surface area (Å²) in [6.45, 7) is -0.630. The highest BCUT2D eigenvalue weighted by atomic mass is 16.4. The largest absolute Gasteiger partial charge is 0.480 e. The van der Waals surface area contributed by atoms with Gasteiger partial charge in [0.05, 0.1) is 13.6 Å². The normalized spacial score (nSPS) is 9.41. The molecule has 0 aliphatic rings. The summed E-state index contributed by atoms with van der Waals surface area (Å²) < 4.78 is 0. The molecule has 0 saturated heterocycles. The first-order chi connectivity index (χ1) is 8.02. The second-order valence-electron chi connectivity index (χ2n) is 2.99. The molecule has 1 aromatic rings. The second kappa shape index (κ2) is 5.45. The number of carboxylic acids is 1. The Balaban J connectivity index is 2.65. The Morgan fingerprint density at radius 3 is 2.82 bits per heavy atom. The average Bonchev–Trinajstić information content (AvgIpc) is 2.62. The smallest absolute Gasteiger partial charge is 0.325 e. The molecule has 0 unspecified atom stereocenters. The summed E-state index contributed by atoms with van der Waals surface area (Å²) in [5.41, 5.74) is 0. The summed E-state index contributed by atoms with van der Waals surface area (Å²) in [4.78, 5) is 24.2. The molecule has 1 aromatic heterocycles. The number of rotatable bonds is 4. The molecule has 9 heteroatoms. The Morgan fingerprint density at radius 2 is 2.35 bits per heavy atom. The summed E-state index contributed by atoms with van der Waals surface area (Å²) in [7, 11) is 1.53. The number of nitrogens with one attached hydrogen (secondary N) is 1. The van der Waals surface area contributed by atoms with Gasteiger partial charge < -0.3 is 10.0 Å². The van der Waals surface area contributed by atoms with E-state index in [0.29, 0.717) is 0 Å². The number of urea groups is 1. The van der Waals surface area contributed by atoms with Gasteiger partial charge in [0.2, 0.25) is 0 Å². The number of aliphatic carboxylic acids is 1. The molecule has 0 saturated carbocycles. The van der Waals surface area contributed by atoms with E-state index < -0.39 is 18.5 Å². The number of hydrogen-bond acceptors (Lipinski definition) is 5. The summed E-state index contributed by atoms with van der Waals surface area (Å²) in [5.74, 6) is 0.998. The third kappa shape index (κ3) is 3.78. The van der Waals surface area contributed by atoms with Crippen LogP contribution in [-0.2, 0) is 11.8 Å². The van der Waals surface area contributed by atoms with E-state index in [1.807, 2.05) is 0 Å². The minimum atomic E-state index is -1.16. The van der Waals surface area contributed by atoms with E-state index >= 15 is 0 Å². The molecule has 0 aliphatic heterocycles. The predicted octanol–water partition coefficient (Wildman–Crippen LogP) is -1.24. The van der Waals surface area contributed by atoms with Gasteiger partial charge in [0.1, 0.15) is 6.54 Å². The zero-order chi connectivity index (χ0) is 12.8. The fourth-order valence-electron chi connectivity index (χ4n) is 0.982. The third-order valence-electron chi connectivity index (χ3n) is 1.62. The zero-order valence-corrected chi connectivity index (χ0v) is 8.99. The molecule has 2 N–H and O–H groups in total. The van der Waals surface area contributed by atoms with Gasteiger partial charge >= 0.3 is 12.0 Å². The van der Waals surface area contributed by atoms with Crippen LogP contribution in [-0.4, -0.2) is 55.3 Å². The molecule has 0 aromatic carbocycles. The zero-order valence-electron chi connectivity index (χ0n) is 8.99. The van der Waals surface area contributed by atoms with Crippen LogP contribution in [0.4, 0.5) is 10.7 Å². The quantitative estimate of drug-likeness (QED) is 0.634. The Morgan fingerprint density at radius 1 is 1.65 bits per heavy atom. The highest BCUT2D eigenvalue weighted by Gasteiger charge is 2.17. The van der Waals surface area contributed by atoms with E-state index in [4.69, 9.17) is 11.5 Å². The number of terminal acetylenes is 1. The van der Waals surface area contributed by atoms with Crippen LogP contribution in [0.5, 0.6) is 0 Å². The molecular weight excluding hydrogens is 228 g/mol. The Kier molecular flexibility index (Phi) is 3.99. The number of amides is 2. The van der Waals surface area contributed by atoms with Gasteiger partial charge in [0.25, 0.3) is 5.95 Å². The number of anilines is 1. The fourth-order valence-corrected chi connectivity index (χ4v) is 0.982. The van der Waals surface area contributed by atoms with Crippen molar-refractivity contribution in [2.24, 2.45) is 7.05 Å². The molecule has 9 nitrogen and oxygen atoms in total. The molecule has 0 aliphatic carbocycles. The summed E-state index contributed by atoms with van der Waals surface area (Å²) in [6.07, 6.45) is 5.03. The Bertz CT molecular complexity index is 462. The minimum absolute atomic E-state index is 0.0232. The first-order valence-electron chi connectivity index (χ1n) is 4.48. The van der Waals surface area contributed by atoms with Gasteiger partial charge in [-0.05, 0) is 5.21 Å². The van der Waals surface area contributed by atoms with E-state index in [-0.39, 0.29) is 12.5 Å². The maximum atomic E-state index is 11.6. The van der Waals surface area contributed by atoms with Gasteiger partial charge in [-0.3, -0.25) is 10.1 Å². The van der Waals surface area contributed by atoms with Crippen LogP contribution in [0.25, 0.3) is 0 Å². The van der Waals surface area contributed by atoms with Gasteiger partial charge in [0, 0.05) is 0 Å². The minimum Gasteiger partial charge on any atom is -0.480 e. The fraction of sp³-hybridized carbons (Fsp3) is 0.375. The van der Waals surface area contributed by atoms with Crippen molar-refractivity contribution in [3.8, 4) is 12.3 Å². The number of hydrogen-bond donors (Lipinski definition) is 2. The van der Waals surface area contributed by atoms with Gasteiger partial charge in [-0.25, -0.2) is 4.79 Å². The SMILES string of the molecule is C#CCN(CC(=O)O)C(=O)Nc1nnn(C)n1. The highest BCUT2D eigenvalue weighted by molar-refractivity contribution is 5.89. The van der Waals surface area contributed by atoms with Crippen molar-refractivity contribution in [3.63, 3.8) is 0 Å². The first kappa shape index (κ1) is 12.4. The number of tetrazole rings is 1. The maximum absolute atomic E-state index is 11.6. The summed E-state index contributed by atoms with van der Waals surface area (Å²) in [6, 6.07) is -0.696. The molecule has 90 valence electrons. The van der Waals surface area contributed by atoms with Gasteiger partial charge in [-0.15, -0.1) is 11.5 Å². The summed E-state index contributed by atoms with van der Waals surface area (Å²) in [5, 5.41) is 21.6. The third-order valence-corrected chi connectivity index (χ3v) is 1.62. The lowest BCUT2D eigenvalue weighted by Crippen LogP contribution is -2.39. The van der Waals surface area contributed by atoms with Crippen molar-refractivity contribution in [2.45, 2.75) is 0 Å². The lowest BCUT2D eigenvalue weighted by atomic mass is 10.5. The summed E-state index contributed by atoms with van der Waals surface area (Å²) >= 11 is 0. The monoisotopic (exact) mass is 238 g/mol. The first-order valence-corrected chi connectivity index (χ1v) is 4.48. The van der Waals surface area contributed by atoms with Crippen LogP contribution in [0.2, 0.25) is 0 Å². The lowest BCUT2D eigenvalue weighted by Gasteiger charge is -2.16. The number of carbonyl (C=O) groups is 2. The number of carbonyl (C=O) groups excluding carboxylic acids is 1. The Labute approximate surface area is 96.4 Å². The van der Waals surface area contributed by atoms with Gasteiger partial charge in [0.15, 0.2) is 0 Å². The van der Waals surface area contributed by atoms with Crippen LogP contribution in [0, 0.1) is 12.3 Å². The number of nitrogens with zero attached hydrogens (tertiary/aromatic N) is 5. The molecule has 2 amide bonds. The topological polar surface area (TPSA) is 113 Å². The second-order valence-corrected chi connectivity index (χ2v) is 2.99. The number of aromatic nitrogens is 4. The molecule has 1 rings (SSSR count). The standard InChI is InChI=1S/C8H10N6O3/c1-3-4-14(5-6(15)16)8(17)9-7-10-12-13(2)11-7/h1H,4-5H2,2H3,(H,15,16)(H,9,11,17). The van der Waals surface area contributed by atoms with Crippen molar-refractivity contribution in [2.75, 3.05) is 18.4 Å². The van der Waals surface area contributed by atoms with Crippen molar-refractivity contribution in [3.05, 3.63) is 0 Å². The van der Waals surface area contributed by atoms with Crippen LogP contribution in [0.3, 0.4) is 0 Å². The number of aryl methyl sites for hydroxylation is 1. The lowest BCUT2D eigenvalue weighted by molar-refractivity contribution is -0.137. The molecule has 0 atom stereocenters. The van der Waals surface area contributed by atoms with Crippen molar-refractivity contribution < 1.29 is 14.7 Å². The predicted molar refractivity (Wildman–Crippen MR) is 55.9 cm³/mol.